The summed E-state index contributed by atoms with van der Waals surface area (Å²) in [5.41, 5.74) is 1.94. The fraction of sp³-hybridized carbons (Fsp3) is 0.421. The highest BCUT2D eigenvalue weighted by Gasteiger charge is 2.40. The molecule has 3 heterocycles. The number of nitrogens with zero attached hydrogens (tertiary/aromatic N) is 4. The van der Waals surface area contributed by atoms with Gasteiger partial charge in [0.2, 0.25) is 0 Å². The Labute approximate surface area is 146 Å². The maximum absolute atomic E-state index is 5.93. The van der Waals surface area contributed by atoms with Crippen molar-refractivity contribution in [1.29, 1.82) is 0 Å². The molecule has 1 aromatic carbocycles. The molecule has 1 aliphatic heterocycles. The normalized spacial score (nSPS) is 20.9. The monoisotopic (exact) mass is 338 g/mol. The Morgan fingerprint density at radius 2 is 1.96 bits per heavy atom. The summed E-state index contributed by atoms with van der Waals surface area (Å²) >= 11 is 0. The molecule has 130 valence electrons. The van der Waals surface area contributed by atoms with Crippen LogP contribution in [0.15, 0.2) is 47.2 Å². The third kappa shape index (κ3) is 3.09. The molecule has 0 saturated carbocycles. The lowest BCUT2D eigenvalue weighted by atomic mass is 9.81. The molecule has 0 aliphatic carbocycles. The summed E-state index contributed by atoms with van der Waals surface area (Å²) in [4.78, 5) is 4.64. The van der Waals surface area contributed by atoms with Crippen molar-refractivity contribution < 1.29 is 9.26 Å². The van der Waals surface area contributed by atoms with Crippen molar-refractivity contribution in [3.8, 4) is 17.1 Å². The molecule has 0 bridgehead atoms. The summed E-state index contributed by atoms with van der Waals surface area (Å²) in [5, 5.41) is 8.45. The van der Waals surface area contributed by atoms with Crippen molar-refractivity contribution in [2.75, 3.05) is 6.61 Å². The van der Waals surface area contributed by atoms with Crippen LogP contribution in [-0.2, 0) is 4.74 Å². The fourth-order valence-corrected chi connectivity index (χ4v) is 3.39. The first-order valence-corrected chi connectivity index (χ1v) is 8.58. The van der Waals surface area contributed by atoms with Crippen molar-refractivity contribution in [3.05, 3.63) is 48.5 Å². The second-order valence-corrected chi connectivity index (χ2v) is 7.51. The molecule has 25 heavy (non-hydrogen) atoms. The predicted octanol–water partition coefficient (Wildman–Crippen LogP) is 3.84. The van der Waals surface area contributed by atoms with Gasteiger partial charge in [0, 0.05) is 24.6 Å². The molecule has 2 atom stereocenters. The number of ether oxygens (including phenoxy) is 1. The van der Waals surface area contributed by atoms with E-state index in [0.29, 0.717) is 5.89 Å². The van der Waals surface area contributed by atoms with Gasteiger partial charge in [-0.1, -0.05) is 25.9 Å². The molecular formula is C19H22N4O2. The van der Waals surface area contributed by atoms with Gasteiger partial charge >= 0.3 is 0 Å². The van der Waals surface area contributed by atoms with E-state index < -0.39 is 0 Å². The first-order valence-electron chi connectivity index (χ1n) is 8.58. The van der Waals surface area contributed by atoms with Gasteiger partial charge in [0.25, 0.3) is 5.89 Å². The van der Waals surface area contributed by atoms with Crippen LogP contribution in [0.3, 0.4) is 0 Å². The third-order valence-corrected chi connectivity index (χ3v) is 4.60. The minimum Gasteiger partial charge on any atom is -0.377 e. The van der Waals surface area contributed by atoms with Gasteiger partial charge in [-0.05, 0) is 42.2 Å². The van der Waals surface area contributed by atoms with Crippen LogP contribution < -0.4 is 0 Å². The minimum atomic E-state index is 0.0490. The molecule has 1 saturated heterocycles. The Morgan fingerprint density at radius 1 is 1.16 bits per heavy atom. The van der Waals surface area contributed by atoms with E-state index in [-0.39, 0.29) is 17.4 Å². The molecule has 0 spiro atoms. The van der Waals surface area contributed by atoms with Gasteiger partial charge in [0.05, 0.1) is 17.7 Å². The quantitative estimate of drug-likeness (QED) is 0.726. The van der Waals surface area contributed by atoms with Gasteiger partial charge in [-0.2, -0.15) is 10.1 Å². The molecule has 0 N–H and O–H groups in total. The number of aromatic nitrogens is 4. The lowest BCUT2D eigenvalue weighted by molar-refractivity contribution is 0.0193. The number of rotatable bonds is 3. The summed E-state index contributed by atoms with van der Waals surface area (Å²) in [5.74, 6) is 1.46. The summed E-state index contributed by atoms with van der Waals surface area (Å²) in [6.45, 7) is 7.30. The topological polar surface area (TPSA) is 66.0 Å². The summed E-state index contributed by atoms with van der Waals surface area (Å²) in [6, 6.07) is 9.82. The molecular weight excluding hydrogens is 316 g/mol. The summed E-state index contributed by atoms with van der Waals surface area (Å²) < 4.78 is 13.3. The van der Waals surface area contributed by atoms with Gasteiger partial charge in [0.15, 0.2) is 5.82 Å². The highest BCUT2D eigenvalue weighted by molar-refractivity contribution is 5.55. The first kappa shape index (κ1) is 16.0. The van der Waals surface area contributed by atoms with Gasteiger partial charge < -0.3 is 9.26 Å². The van der Waals surface area contributed by atoms with E-state index >= 15 is 0 Å². The molecule has 1 aliphatic rings. The Balaban J connectivity index is 1.57. The van der Waals surface area contributed by atoms with Crippen molar-refractivity contribution in [2.45, 2.75) is 39.2 Å². The van der Waals surface area contributed by atoms with Gasteiger partial charge in [-0.15, -0.1) is 0 Å². The third-order valence-electron chi connectivity index (χ3n) is 4.60. The standard InChI is InChI=1S/C19H22N4O2/c1-19(2,3)16-15(9-12-24-16)17-21-18(25-22-17)13-5-7-14(8-6-13)23-11-4-10-20-23/h4-8,10-11,15-16H,9,12H2,1-3H3/t15-,16-/m0/s1. The lowest BCUT2D eigenvalue weighted by Crippen LogP contribution is -2.30. The molecule has 6 nitrogen and oxygen atoms in total. The summed E-state index contributed by atoms with van der Waals surface area (Å²) in [7, 11) is 0. The average Bonchev–Trinajstić information content (AvgIpc) is 3.33. The zero-order chi connectivity index (χ0) is 17.4. The van der Waals surface area contributed by atoms with Crippen LogP contribution in [0.2, 0.25) is 0 Å². The van der Waals surface area contributed by atoms with Crippen molar-refractivity contribution in [2.24, 2.45) is 5.41 Å². The second kappa shape index (κ2) is 6.11. The smallest absolute Gasteiger partial charge is 0.257 e. The van der Waals surface area contributed by atoms with Crippen molar-refractivity contribution in [1.82, 2.24) is 19.9 Å². The zero-order valence-electron chi connectivity index (χ0n) is 14.7. The molecule has 0 radical (unpaired) electrons. The number of hydrogen-bond donors (Lipinski definition) is 0. The predicted molar refractivity (Wildman–Crippen MR) is 93.4 cm³/mol. The minimum absolute atomic E-state index is 0.0490. The number of hydrogen-bond acceptors (Lipinski definition) is 5. The van der Waals surface area contributed by atoms with Crippen LogP contribution in [0.4, 0.5) is 0 Å². The van der Waals surface area contributed by atoms with E-state index in [2.05, 4.69) is 36.0 Å². The van der Waals surface area contributed by atoms with Crippen LogP contribution in [0.1, 0.15) is 38.9 Å². The molecule has 4 rings (SSSR count). The molecule has 2 aromatic heterocycles. The first-order chi connectivity index (χ1) is 12.0. The van der Waals surface area contributed by atoms with Gasteiger partial charge in [-0.25, -0.2) is 4.68 Å². The maximum atomic E-state index is 5.93. The Kier molecular flexibility index (Phi) is 3.92. The lowest BCUT2D eigenvalue weighted by Gasteiger charge is -2.29. The highest BCUT2D eigenvalue weighted by Crippen LogP contribution is 2.40. The maximum Gasteiger partial charge on any atom is 0.257 e. The number of benzene rings is 1. The summed E-state index contributed by atoms with van der Waals surface area (Å²) in [6.07, 6.45) is 4.71. The molecule has 0 amide bonds. The highest BCUT2D eigenvalue weighted by atomic mass is 16.5. The van der Waals surface area contributed by atoms with Crippen LogP contribution in [0.25, 0.3) is 17.1 Å². The van der Waals surface area contributed by atoms with Crippen LogP contribution in [0, 0.1) is 5.41 Å². The Bertz CT molecular complexity index is 831. The largest absolute Gasteiger partial charge is 0.377 e. The SMILES string of the molecule is CC(C)(C)[C@H]1OCC[C@@H]1c1noc(-c2ccc(-n3cccn3)cc2)n1. The Hall–Kier alpha value is -2.47. The zero-order valence-corrected chi connectivity index (χ0v) is 14.7. The molecule has 3 aromatic rings. The molecule has 6 heteroatoms. The van der Waals surface area contributed by atoms with E-state index in [1.165, 1.54) is 0 Å². The van der Waals surface area contributed by atoms with Crippen LogP contribution in [0.5, 0.6) is 0 Å². The average molecular weight is 338 g/mol. The fourth-order valence-electron chi connectivity index (χ4n) is 3.39. The van der Waals surface area contributed by atoms with E-state index in [9.17, 15) is 0 Å². The van der Waals surface area contributed by atoms with Gasteiger partial charge in [-0.3, -0.25) is 0 Å². The van der Waals surface area contributed by atoms with E-state index in [1.807, 2.05) is 41.2 Å². The van der Waals surface area contributed by atoms with Crippen molar-refractivity contribution >= 4 is 0 Å². The van der Waals surface area contributed by atoms with E-state index in [0.717, 1.165) is 30.1 Å². The van der Waals surface area contributed by atoms with E-state index in [1.54, 1.807) is 6.20 Å². The van der Waals surface area contributed by atoms with Crippen LogP contribution in [-0.4, -0.2) is 32.6 Å². The second-order valence-electron chi connectivity index (χ2n) is 7.51. The van der Waals surface area contributed by atoms with Crippen molar-refractivity contribution in [3.63, 3.8) is 0 Å². The van der Waals surface area contributed by atoms with Crippen LogP contribution >= 0.6 is 0 Å². The Morgan fingerprint density at radius 3 is 2.64 bits per heavy atom. The molecule has 0 unspecified atom stereocenters. The van der Waals surface area contributed by atoms with E-state index in [4.69, 9.17) is 9.26 Å². The van der Waals surface area contributed by atoms with Gasteiger partial charge in [0.1, 0.15) is 0 Å². The molecule has 1 fully saturated rings.